The number of hydrogen-bond donors (Lipinski definition) is 1. The summed E-state index contributed by atoms with van der Waals surface area (Å²) in [7, 11) is 0. The molecule has 2 aromatic carbocycles. The summed E-state index contributed by atoms with van der Waals surface area (Å²) in [5.74, 6) is 0. The van der Waals surface area contributed by atoms with Gasteiger partial charge in [0.2, 0.25) is 0 Å². The Kier molecular flexibility index (Phi) is 4.41. The zero-order chi connectivity index (χ0) is 10.8. The maximum atomic E-state index is 3.59. The predicted octanol–water partition coefficient (Wildman–Crippen LogP) is 2.54. The molecular formula is C15H15NNa. The molecule has 1 radical (unpaired) electrons. The summed E-state index contributed by atoms with van der Waals surface area (Å²) in [6.45, 7) is 1.07. The summed E-state index contributed by atoms with van der Waals surface area (Å²) in [6.07, 6.45) is 1.14. The van der Waals surface area contributed by atoms with Gasteiger partial charge in [0.1, 0.15) is 0 Å². The third-order valence-electron chi connectivity index (χ3n) is 3.24. The SMILES string of the molecule is [Na].c1ccc([C@@H]2NCCc3ccccc32)cc1. The minimum atomic E-state index is 0. The summed E-state index contributed by atoms with van der Waals surface area (Å²) in [4.78, 5) is 0. The fourth-order valence-electron chi connectivity index (χ4n) is 2.45. The normalized spacial score (nSPS) is 18.0. The Balaban J connectivity index is 0.00000108. The van der Waals surface area contributed by atoms with Gasteiger partial charge in [-0.3, -0.25) is 0 Å². The Morgan fingerprint density at radius 2 is 1.59 bits per heavy atom. The molecule has 0 aromatic heterocycles. The predicted molar refractivity (Wildman–Crippen MR) is 72.2 cm³/mol. The molecule has 2 aromatic rings. The first kappa shape index (κ1) is 12.8. The van der Waals surface area contributed by atoms with Gasteiger partial charge in [0.05, 0.1) is 6.04 Å². The molecule has 0 aliphatic carbocycles. The zero-order valence-electron chi connectivity index (χ0n) is 10.2. The van der Waals surface area contributed by atoms with Crippen LogP contribution in [0.2, 0.25) is 0 Å². The summed E-state index contributed by atoms with van der Waals surface area (Å²) in [5.41, 5.74) is 4.27. The molecule has 0 bridgehead atoms. The summed E-state index contributed by atoms with van der Waals surface area (Å²) in [6, 6.07) is 19.8. The van der Waals surface area contributed by atoms with Crippen LogP contribution in [0.15, 0.2) is 54.6 Å². The van der Waals surface area contributed by atoms with Crippen molar-refractivity contribution in [1.82, 2.24) is 5.32 Å². The molecule has 0 amide bonds. The van der Waals surface area contributed by atoms with Crippen molar-refractivity contribution in [3.63, 3.8) is 0 Å². The van der Waals surface area contributed by atoms with Crippen LogP contribution in [0, 0.1) is 0 Å². The Labute approximate surface area is 125 Å². The van der Waals surface area contributed by atoms with Crippen LogP contribution in [0.5, 0.6) is 0 Å². The number of hydrogen-bond acceptors (Lipinski definition) is 1. The van der Waals surface area contributed by atoms with Gasteiger partial charge in [-0.05, 0) is 23.1 Å². The van der Waals surface area contributed by atoms with Crippen molar-refractivity contribution in [2.75, 3.05) is 6.54 Å². The van der Waals surface area contributed by atoms with E-state index in [0.717, 1.165) is 13.0 Å². The van der Waals surface area contributed by atoms with Gasteiger partial charge in [-0.25, -0.2) is 0 Å². The molecule has 3 rings (SSSR count). The van der Waals surface area contributed by atoms with Crippen LogP contribution in [-0.2, 0) is 6.42 Å². The molecule has 81 valence electrons. The van der Waals surface area contributed by atoms with Crippen molar-refractivity contribution in [2.24, 2.45) is 0 Å². The Bertz CT molecular complexity index is 481. The van der Waals surface area contributed by atoms with Crippen LogP contribution < -0.4 is 5.32 Å². The van der Waals surface area contributed by atoms with Crippen molar-refractivity contribution in [3.8, 4) is 0 Å². The Morgan fingerprint density at radius 1 is 0.882 bits per heavy atom. The third kappa shape index (κ3) is 2.63. The van der Waals surface area contributed by atoms with E-state index in [-0.39, 0.29) is 29.6 Å². The maximum absolute atomic E-state index is 3.59. The fraction of sp³-hybridized carbons (Fsp3) is 0.200. The molecule has 0 unspecified atom stereocenters. The third-order valence-corrected chi connectivity index (χ3v) is 3.24. The fourth-order valence-corrected chi connectivity index (χ4v) is 2.45. The molecule has 17 heavy (non-hydrogen) atoms. The number of benzene rings is 2. The molecule has 1 aliphatic heterocycles. The molecule has 1 aliphatic rings. The molecule has 1 nitrogen and oxygen atoms in total. The standard InChI is InChI=1S/C15H15N.Na/c1-2-7-13(8-3-1)15-14-9-5-4-6-12(14)10-11-16-15;/h1-9,15-16H,10-11H2;/t15-;/m0./s1. The summed E-state index contributed by atoms with van der Waals surface area (Å²) < 4.78 is 0. The van der Waals surface area contributed by atoms with Crippen LogP contribution in [-0.4, -0.2) is 36.1 Å². The van der Waals surface area contributed by atoms with E-state index in [2.05, 4.69) is 59.9 Å². The quantitative estimate of drug-likeness (QED) is 0.745. The van der Waals surface area contributed by atoms with Gasteiger partial charge < -0.3 is 5.32 Å². The van der Waals surface area contributed by atoms with Gasteiger partial charge in [-0.1, -0.05) is 54.6 Å². The van der Waals surface area contributed by atoms with Crippen LogP contribution in [0.3, 0.4) is 0 Å². The van der Waals surface area contributed by atoms with Gasteiger partial charge in [-0.2, -0.15) is 0 Å². The van der Waals surface area contributed by atoms with E-state index in [4.69, 9.17) is 0 Å². The minimum Gasteiger partial charge on any atom is -0.306 e. The van der Waals surface area contributed by atoms with Crippen LogP contribution in [0.1, 0.15) is 22.7 Å². The van der Waals surface area contributed by atoms with E-state index in [1.807, 2.05) is 0 Å². The average molecular weight is 232 g/mol. The molecule has 1 N–H and O–H groups in total. The molecule has 1 heterocycles. The molecule has 0 saturated carbocycles. The largest absolute Gasteiger partial charge is 0.306 e. The summed E-state index contributed by atoms with van der Waals surface area (Å²) in [5, 5.41) is 3.59. The maximum Gasteiger partial charge on any atom is 0.0579 e. The smallest absolute Gasteiger partial charge is 0.0579 e. The van der Waals surface area contributed by atoms with E-state index in [0.29, 0.717) is 6.04 Å². The van der Waals surface area contributed by atoms with Crippen molar-refractivity contribution >= 4 is 29.6 Å². The van der Waals surface area contributed by atoms with Crippen molar-refractivity contribution in [2.45, 2.75) is 12.5 Å². The number of rotatable bonds is 1. The first-order chi connectivity index (χ1) is 7.95. The van der Waals surface area contributed by atoms with E-state index >= 15 is 0 Å². The molecular weight excluding hydrogens is 217 g/mol. The molecule has 0 spiro atoms. The van der Waals surface area contributed by atoms with E-state index in [1.54, 1.807) is 0 Å². The van der Waals surface area contributed by atoms with Gasteiger partial charge in [-0.15, -0.1) is 0 Å². The van der Waals surface area contributed by atoms with Gasteiger partial charge in [0, 0.05) is 36.1 Å². The van der Waals surface area contributed by atoms with E-state index in [1.165, 1.54) is 16.7 Å². The molecule has 0 saturated heterocycles. The van der Waals surface area contributed by atoms with Gasteiger partial charge >= 0.3 is 0 Å². The number of fused-ring (bicyclic) bond motifs is 1. The van der Waals surface area contributed by atoms with Gasteiger partial charge in [0.15, 0.2) is 0 Å². The second-order valence-corrected chi connectivity index (χ2v) is 4.25. The van der Waals surface area contributed by atoms with Crippen molar-refractivity contribution < 1.29 is 0 Å². The molecule has 0 fully saturated rings. The Morgan fingerprint density at radius 3 is 2.41 bits per heavy atom. The van der Waals surface area contributed by atoms with E-state index in [9.17, 15) is 0 Å². The van der Waals surface area contributed by atoms with E-state index < -0.39 is 0 Å². The summed E-state index contributed by atoms with van der Waals surface area (Å²) >= 11 is 0. The van der Waals surface area contributed by atoms with Crippen molar-refractivity contribution in [3.05, 3.63) is 71.3 Å². The Hall–Kier alpha value is -0.600. The van der Waals surface area contributed by atoms with Crippen LogP contribution in [0.25, 0.3) is 0 Å². The number of nitrogens with one attached hydrogen (secondary N) is 1. The minimum absolute atomic E-state index is 0. The second kappa shape index (κ2) is 5.83. The zero-order valence-corrected chi connectivity index (χ0v) is 12.2. The first-order valence-electron chi connectivity index (χ1n) is 5.81. The monoisotopic (exact) mass is 232 g/mol. The first-order valence-corrected chi connectivity index (χ1v) is 5.81. The second-order valence-electron chi connectivity index (χ2n) is 4.25. The molecule has 1 atom stereocenters. The van der Waals surface area contributed by atoms with Crippen LogP contribution in [0.4, 0.5) is 0 Å². The molecule has 2 heteroatoms. The average Bonchev–Trinajstić information content (AvgIpc) is 2.39. The van der Waals surface area contributed by atoms with Gasteiger partial charge in [0.25, 0.3) is 0 Å². The van der Waals surface area contributed by atoms with Crippen LogP contribution >= 0.6 is 0 Å². The van der Waals surface area contributed by atoms with Crippen molar-refractivity contribution in [1.29, 1.82) is 0 Å². The topological polar surface area (TPSA) is 12.0 Å².